The lowest BCUT2D eigenvalue weighted by Gasteiger charge is -2.22. The molecule has 0 spiro atoms. The number of hydrogen-bond donors (Lipinski definition) is 1. The maximum absolute atomic E-state index is 11.6. The second kappa shape index (κ2) is 5.95. The summed E-state index contributed by atoms with van der Waals surface area (Å²) in [5.74, 6) is -0.694. The summed E-state index contributed by atoms with van der Waals surface area (Å²) in [5.41, 5.74) is -0.117. The third-order valence-corrected chi connectivity index (χ3v) is 2.40. The van der Waals surface area contributed by atoms with Crippen molar-refractivity contribution in [2.45, 2.75) is 6.92 Å². The minimum atomic E-state index is -1.12. The molecule has 0 unspecified atom stereocenters. The van der Waals surface area contributed by atoms with Crippen LogP contribution in [0.2, 0.25) is 0 Å². The van der Waals surface area contributed by atoms with Crippen LogP contribution >= 0.6 is 0 Å². The van der Waals surface area contributed by atoms with Gasteiger partial charge in [-0.15, -0.1) is 10.2 Å². The van der Waals surface area contributed by atoms with Crippen LogP contribution in [-0.4, -0.2) is 59.3 Å². The van der Waals surface area contributed by atoms with E-state index in [1.807, 2.05) is 6.92 Å². The first kappa shape index (κ1) is 13.9. The molecule has 7 heteroatoms. The predicted octanol–water partition coefficient (Wildman–Crippen LogP) is 0.0893. The lowest BCUT2D eigenvalue weighted by Crippen LogP contribution is -2.37. The number of anilines is 1. The van der Waals surface area contributed by atoms with Gasteiger partial charge in [-0.25, -0.2) is 4.79 Å². The van der Waals surface area contributed by atoms with Crippen molar-refractivity contribution < 1.29 is 14.7 Å². The molecule has 98 valence electrons. The molecule has 0 aliphatic carbocycles. The fraction of sp³-hybridized carbons (Fsp3) is 0.455. The van der Waals surface area contributed by atoms with E-state index >= 15 is 0 Å². The summed E-state index contributed by atoms with van der Waals surface area (Å²) in [6.07, 6.45) is 0. The highest BCUT2D eigenvalue weighted by atomic mass is 16.4. The van der Waals surface area contributed by atoms with Gasteiger partial charge in [-0.05, 0) is 19.1 Å². The molecule has 0 fully saturated rings. The molecule has 1 heterocycles. The van der Waals surface area contributed by atoms with Gasteiger partial charge in [0.1, 0.15) is 0 Å². The zero-order chi connectivity index (χ0) is 13.7. The highest BCUT2D eigenvalue weighted by Gasteiger charge is 2.14. The molecule has 0 radical (unpaired) electrons. The van der Waals surface area contributed by atoms with E-state index in [2.05, 4.69) is 10.2 Å². The summed E-state index contributed by atoms with van der Waals surface area (Å²) in [6, 6.07) is 2.91. The molecule has 7 nitrogen and oxygen atoms in total. The Morgan fingerprint density at radius 1 is 1.28 bits per heavy atom. The van der Waals surface area contributed by atoms with Crippen molar-refractivity contribution >= 4 is 17.7 Å². The number of hydrogen-bond acceptors (Lipinski definition) is 5. The lowest BCUT2D eigenvalue weighted by atomic mass is 10.3. The first-order valence-corrected chi connectivity index (χ1v) is 5.47. The second-order valence-corrected chi connectivity index (χ2v) is 3.88. The van der Waals surface area contributed by atoms with Crippen molar-refractivity contribution in [1.82, 2.24) is 15.1 Å². The minimum absolute atomic E-state index is 0.0547. The quantitative estimate of drug-likeness (QED) is 0.799. The number of nitrogens with zero attached hydrogens (tertiary/aromatic N) is 4. The molecule has 1 aromatic rings. The Morgan fingerprint density at radius 3 is 2.33 bits per heavy atom. The van der Waals surface area contributed by atoms with E-state index in [1.165, 1.54) is 11.0 Å². The SMILES string of the molecule is CCN(CC(=O)N(C)C)c1ccc(C(=O)O)nn1. The number of carboxylic acids is 1. The van der Waals surface area contributed by atoms with Crippen LogP contribution < -0.4 is 4.90 Å². The van der Waals surface area contributed by atoms with Gasteiger partial charge in [-0.2, -0.15) is 0 Å². The fourth-order valence-corrected chi connectivity index (χ4v) is 1.27. The van der Waals surface area contributed by atoms with E-state index in [4.69, 9.17) is 5.11 Å². The van der Waals surface area contributed by atoms with Gasteiger partial charge in [0.2, 0.25) is 5.91 Å². The number of carboxylic acid groups (broad SMARTS) is 1. The number of carbonyl (C=O) groups excluding carboxylic acids is 1. The van der Waals surface area contributed by atoms with E-state index < -0.39 is 5.97 Å². The summed E-state index contributed by atoms with van der Waals surface area (Å²) in [6.45, 7) is 2.65. The first-order chi connectivity index (χ1) is 8.45. The van der Waals surface area contributed by atoms with Gasteiger partial charge in [0.15, 0.2) is 11.5 Å². The Balaban J connectivity index is 2.82. The van der Waals surface area contributed by atoms with Crippen molar-refractivity contribution in [1.29, 1.82) is 0 Å². The Kier molecular flexibility index (Phi) is 4.59. The van der Waals surface area contributed by atoms with Gasteiger partial charge in [0.05, 0.1) is 6.54 Å². The summed E-state index contributed by atoms with van der Waals surface area (Å²) in [7, 11) is 3.35. The first-order valence-electron chi connectivity index (χ1n) is 5.47. The van der Waals surface area contributed by atoms with Gasteiger partial charge in [-0.3, -0.25) is 4.79 Å². The molecule has 0 aromatic carbocycles. The average molecular weight is 252 g/mol. The summed E-state index contributed by atoms with van der Waals surface area (Å²) >= 11 is 0. The van der Waals surface area contributed by atoms with Gasteiger partial charge in [0, 0.05) is 20.6 Å². The lowest BCUT2D eigenvalue weighted by molar-refractivity contribution is -0.127. The van der Waals surface area contributed by atoms with Gasteiger partial charge < -0.3 is 14.9 Å². The van der Waals surface area contributed by atoms with E-state index in [-0.39, 0.29) is 18.1 Å². The Bertz CT molecular complexity index is 430. The number of amides is 1. The van der Waals surface area contributed by atoms with Crippen LogP contribution in [-0.2, 0) is 4.79 Å². The molecule has 18 heavy (non-hydrogen) atoms. The Labute approximate surface area is 105 Å². The second-order valence-electron chi connectivity index (χ2n) is 3.88. The van der Waals surface area contributed by atoms with Crippen LogP contribution in [0.15, 0.2) is 12.1 Å². The molecular weight excluding hydrogens is 236 g/mol. The number of rotatable bonds is 5. The van der Waals surface area contributed by atoms with Gasteiger partial charge in [0.25, 0.3) is 0 Å². The number of aromatic carboxylic acids is 1. The molecule has 1 aromatic heterocycles. The molecule has 1 amide bonds. The van der Waals surface area contributed by atoms with Crippen LogP contribution in [0.3, 0.4) is 0 Å². The topological polar surface area (TPSA) is 86.6 Å². The van der Waals surface area contributed by atoms with Crippen LogP contribution in [0, 0.1) is 0 Å². The molecule has 1 N–H and O–H groups in total. The minimum Gasteiger partial charge on any atom is -0.476 e. The van der Waals surface area contributed by atoms with Crippen LogP contribution in [0.5, 0.6) is 0 Å². The van der Waals surface area contributed by atoms with Crippen molar-refractivity contribution in [3.8, 4) is 0 Å². The zero-order valence-electron chi connectivity index (χ0n) is 10.6. The van der Waals surface area contributed by atoms with E-state index in [0.717, 1.165) is 0 Å². The van der Waals surface area contributed by atoms with Crippen LogP contribution in [0.1, 0.15) is 17.4 Å². The van der Waals surface area contributed by atoms with E-state index in [9.17, 15) is 9.59 Å². The molecule has 0 saturated carbocycles. The van der Waals surface area contributed by atoms with Crippen molar-refractivity contribution in [3.63, 3.8) is 0 Å². The molecule has 0 saturated heterocycles. The fourth-order valence-electron chi connectivity index (χ4n) is 1.27. The summed E-state index contributed by atoms with van der Waals surface area (Å²) in [4.78, 5) is 25.5. The molecule has 1 rings (SSSR count). The highest BCUT2D eigenvalue weighted by Crippen LogP contribution is 2.09. The van der Waals surface area contributed by atoms with E-state index in [1.54, 1.807) is 25.1 Å². The number of carbonyl (C=O) groups is 2. The Hall–Kier alpha value is -2.18. The zero-order valence-corrected chi connectivity index (χ0v) is 10.6. The molecule has 0 aliphatic heterocycles. The van der Waals surface area contributed by atoms with Crippen molar-refractivity contribution in [3.05, 3.63) is 17.8 Å². The summed E-state index contributed by atoms with van der Waals surface area (Å²) < 4.78 is 0. The van der Waals surface area contributed by atoms with Crippen LogP contribution in [0.4, 0.5) is 5.82 Å². The smallest absolute Gasteiger partial charge is 0.356 e. The van der Waals surface area contributed by atoms with Crippen LogP contribution in [0.25, 0.3) is 0 Å². The largest absolute Gasteiger partial charge is 0.476 e. The van der Waals surface area contributed by atoms with Crippen molar-refractivity contribution in [2.24, 2.45) is 0 Å². The highest BCUT2D eigenvalue weighted by molar-refractivity contribution is 5.85. The standard InChI is InChI=1S/C11H16N4O3/c1-4-15(7-10(16)14(2)3)9-6-5-8(11(17)18)12-13-9/h5-6H,4,7H2,1-3H3,(H,17,18). The number of aromatic nitrogens is 2. The van der Waals surface area contributed by atoms with Crippen molar-refractivity contribution in [2.75, 3.05) is 32.1 Å². The summed E-state index contributed by atoms with van der Waals surface area (Å²) in [5, 5.41) is 16.1. The van der Waals surface area contributed by atoms with E-state index in [0.29, 0.717) is 12.4 Å². The monoisotopic (exact) mass is 252 g/mol. The third-order valence-electron chi connectivity index (χ3n) is 2.40. The molecule has 0 bridgehead atoms. The predicted molar refractivity (Wildman–Crippen MR) is 65.6 cm³/mol. The molecule has 0 atom stereocenters. The third kappa shape index (κ3) is 3.41. The van der Waals surface area contributed by atoms with Gasteiger partial charge in [-0.1, -0.05) is 0 Å². The van der Waals surface area contributed by atoms with Gasteiger partial charge >= 0.3 is 5.97 Å². The number of likely N-dealkylation sites (N-methyl/N-ethyl adjacent to an activating group) is 2. The maximum atomic E-state index is 11.6. The Morgan fingerprint density at radius 2 is 1.94 bits per heavy atom. The maximum Gasteiger partial charge on any atom is 0.356 e. The molecule has 0 aliphatic rings. The average Bonchev–Trinajstić information content (AvgIpc) is 2.35. The molecular formula is C11H16N4O3. The normalized spacial score (nSPS) is 9.94.